The maximum absolute atomic E-state index is 12.7. The van der Waals surface area contributed by atoms with E-state index in [1.165, 1.54) is 5.56 Å². The summed E-state index contributed by atoms with van der Waals surface area (Å²) in [4.78, 5) is 12.7. The Morgan fingerprint density at radius 3 is 2.04 bits per heavy atom. The van der Waals surface area contributed by atoms with E-state index in [2.05, 4.69) is 50.4 Å². The summed E-state index contributed by atoms with van der Waals surface area (Å²) in [5, 5.41) is 3.85. The number of benzene rings is 2. The fourth-order valence-corrected chi connectivity index (χ4v) is 3.34. The quantitative estimate of drug-likeness (QED) is 0.547. The molecule has 2 aromatic carbocycles. The first-order chi connectivity index (χ1) is 13.3. The molecule has 0 saturated carbocycles. The number of nitrogens with one attached hydrogen (secondary N) is 1. The molecule has 1 N–H and O–H groups in total. The minimum Gasteiger partial charge on any atom is -0.481 e. The second-order valence-corrected chi connectivity index (χ2v) is 7.95. The van der Waals surface area contributed by atoms with Gasteiger partial charge in [-0.15, -0.1) is 0 Å². The number of halogens is 1. The minimum absolute atomic E-state index is 0.0294. The van der Waals surface area contributed by atoms with Gasteiger partial charge >= 0.3 is 0 Å². The molecule has 2 rings (SSSR count). The van der Waals surface area contributed by atoms with E-state index in [-0.39, 0.29) is 11.9 Å². The average molecular weight is 402 g/mol. The van der Waals surface area contributed by atoms with Crippen molar-refractivity contribution in [3.8, 4) is 5.75 Å². The monoisotopic (exact) mass is 401 g/mol. The van der Waals surface area contributed by atoms with Crippen molar-refractivity contribution >= 4 is 17.5 Å². The normalized spacial score (nSPS) is 14.2. The Balaban J connectivity index is 2.04. The molecule has 0 heterocycles. The SMILES string of the molecule is CC[C@@H](C)c1ccc([C@H](CC)NC(=O)[C@@H](C)Oc2cc(C)c(Cl)c(C)c2)cc1. The van der Waals surface area contributed by atoms with Crippen molar-refractivity contribution < 1.29 is 9.53 Å². The van der Waals surface area contributed by atoms with E-state index in [0.717, 1.165) is 34.6 Å². The van der Waals surface area contributed by atoms with E-state index in [1.807, 2.05) is 26.0 Å². The first kappa shape index (κ1) is 22.3. The van der Waals surface area contributed by atoms with Crippen molar-refractivity contribution in [2.45, 2.75) is 72.4 Å². The van der Waals surface area contributed by atoms with Crippen LogP contribution in [0.1, 0.15) is 74.8 Å². The lowest BCUT2D eigenvalue weighted by Gasteiger charge is -2.22. The predicted molar refractivity (Wildman–Crippen MR) is 117 cm³/mol. The van der Waals surface area contributed by atoms with Gasteiger partial charge in [-0.1, -0.05) is 56.6 Å². The van der Waals surface area contributed by atoms with Crippen LogP contribution < -0.4 is 10.1 Å². The van der Waals surface area contributed by atoms with Crippen LogP contribution in [0, 0.1) is 13.8 Å². The van der Waals surface area contributed by atoms with Crippen LogP contribution in [0.5, 0.6) is 5.75 Å². The van der Waals surface area contributed by atoms with Crippen LogP contribution >= 0.6 is 11.6 Å². The van der Waals surface area contributed by atoms with Crippen molar-refractivity contribution in [1.29, 1.82) is 0 Å². The molecule has 0 aromatic heterocycles. The number of rotatable bonds is 8. The Hall–Kier alpha value is -2.00. The number of amides is 1. The van der Waals surface area contributed by atoms with Crippen LogP contribution in [-0.4, -0.2) is 12.0 Å². The summed E-state index contributed by atoms with van der Waals surface area (Å²) in [6, 6.07) is 12.3. The molecule has 0 bridgehead atoms. The summed E-state index contributed by atoms with van der Waals surface area (Å²) in [5.74, 6) is 1.08. The molecule has 0 saturated heterocycles. The van der Waals surface area contributed by atoms with Crippen LogP contribution in [0.15, 0.2) is 36.4 Å². The Bertz CT molecular complexity index is 778. The Morgan fingerprint density at radius 1 is 1.00 bits per heavy atom. The molecule has 2 aromatic rings. The molecule has 0 aliphatic rings. The van der Waals surface area contributed by atoms with Crippen LogP contribution in [0.3, 0.4) is 0 Å². The first-order valence-electron chi connectivity index (χ1n) is 10.1. The summed E-state index contributed by atoms with van der Waals surface area (Å²) in [6.07, 6.45) is 1.35. The highest BCUT2D eigenvalue weighted by Crippen LogP contribution is 2.27. The number of carbonyl (C=O) groups is 1. The van der Waals surface area contributed by atoms with E-state index < -0.39 is 6.10 Å². The molecule has 3 nitrogen and oxygen atoms in total. The van der Waals surface area contributed by atoms with Gasteiger partial charge in [-0.25, -0.2) is 0 Å². The van der Waals surface area contributed by atoms with Gasteiger partial charge in [-0.3, -0.25) is 4.79 Å². The lowest BCUT2D eigenvalue weighted by Crippen LogP contribution is -2.38. The summed E-state index contributed by atoms with van der Waals surface area (Å²) in [6.45, 7) is 12.1. The lowest BCUT2D eigenvalue weighted by atomic mass is 9.95. The van der Waals surface area contributed by atoms with Crippen molar-refractivity contribution in [3.05, 3.63) is 63.7 Å². The maximum Gasteiger partial charge on any atom is 0.261 e. The number of aryl methyl sites for hydroxylation is 2. The van der Waals surface area contributed by atoms with Gasteiger partial charge in [-0.05, 0) is 73.9 Å². The average Bonchev–Trinajstić information content (AvgIpc) is 2.69. The highest BCUT2D eigenvalue weighted by Gasteiger charge is 2.20. The summed E-state index contributed by atoms with van der Waals surface area (Å²) in [5.41, 5.74) is 4.33. The van der Waals surface area contributed by atoms with E-state index >= 15 is 0 Å². The molecule has 28 heavy (non-hydrogen) atoms. The number of hydrogen-bond acceptors (Lipinski definition) is 2. The topological polar surface area (TPSA) is 38.3 Å². The molecule has 3 atom stereocenters. The molecule has 0 aliphatic heterocycles. The summed E-state index contributed by atoms with van der Waals surface area (Å²) < 4.78 is 5.87. The molecule has 0 unspecified atom stereocenters. The molecule has 0 aliphatic carbocycles. The molecule has 0 radical (unpaired) electrons. The van der Waals surface area contributed by atoms with Gasteiger partial charge in [0.25, 0.3) is 5.91 Å². The summed E-state index contributed by atoms with van der Waals surface area (Å²) in [7, 11) is 0. The van der Waals surface area contributed by atoms with Gasteiger partial charge in [0.05, 0.1) is 6.04 Å². The molecule has 0 spiro atoms. The van der Waals surface area contributed by atoms with Crippen molar-refractivity contribution in [1.82, 2.24) is 5.32 Å². The van der Waals surface area contributed by atoms with Crippen molar-refractivity contribution in [3.63, 3.8) is 0 Å². The third kappa shape index (κ3) is 5.51. The third-order valence-corrected chi connectivity index (χ3v) is 5.93. The molecule has 152 valence electrons. The lowest BCUT2D eigenvalue weighted by molar-refractivity contribution is -0.128. The van der Waals surface area contributed by atoms with Crippen molar-refractivity contribution in [2.24, 2.45) is 0 Å². The smallest absolute Gasteiger partial charge is 0.261 e. The van der Waals surface area contributed by atoms with Crippen LogP contribution in [-0.2, 0) is 4.79 Å². The summed E-state index contributed by atoms with van der Waals surface area (Å²) >= 11 is 6.21. The highest BCUT2D eigenvalue weighted by molar-refractivity contribution is 6.32. The van der Waals surface area contributed by atoms with Crippen LogP contribution in [0.4, 0.5) is 0 Å². The first-order valence-corrected chi connectivity index (χ1v) is 10.5. The van der Waals surface area contributed by atoms with Gasteiger partial charge in [0, 0.05) is 5.02 Å². The number of hydrogen-bond donors (Lipinski definition) is 1. The Kier molecular flexibility index (Phi) is 7.94. The van der Waals surface area contributed by atoms with Gasteiger partial charge in [0.1, 0.15) is 5.75 Å². The van der Waals surface area contributed by atoms with E-state index in [1.54, 1.807) is 6.92 Å². The second-order valence-electron chi connectivity index (χ2n) is 7.58. The zero-order chi connectivity index (χ0) is 20.8. The van der Waals surface area contributed by atoms with Gasteiger partial charge < -0.3 is 10.1 Å². The minimum atomic E-state index is -0.589. The zero-order valence-electron chi connectivity index (χ0n) is 17.8. The Morgan fingerprint density at radius 2 is 1.54 bits per heavy atom. The third-order valence-electron chi connectivity index (χ3n) is 5.34. The standard InChI is InChI=1S/C24H32ClNO2/c1-7-15(3)19-9-11-20(12-10-19)22(8-2)26-24(27)18(6)28-21-13-16(4)23(25)17(5)14-21/h9-15,18,22H,7-8H2,1-6H3,(H,26,27)/t15-,18-,22+/m1/s1. The maximum atomic E-state index is 12.7. The Labute approximate surface area is 174 Å². The zero-order valence-corrected chi connectivity index (χ0v) is 18.6. The van der Waals surface area contributed by atoms with Gasteiger partial charge in [0.2, 0.25) is 0 Å². The van der Waals surface area contributed by atoms with Crippen molar-refractivity contribution in [2.75, 3.05) is 0 Å². The second kappa shape index (κ2) is 9.97. The van der Waals surface area contributed by atoms with Gasteiger partial charge in [0.15, 0.2) is 6.10 Å². The number of ether oxygens (including phenoxy) is 1. The van der Waals surface area contributed by atoms with E-state index in [4.69, 9.17) is 16.3 Å². The van der Waals surface area contributed by atoms with Crippen LogP contribution in [0.25, 0.3) is 0 Å². The highest BCUT2D eigenvalue weighted by atomic mass is 35.5. The fourth-order valence-electron chi connectivity index (χ4n) is 3.23. The predicted octanol–water partition coefficient (Wildman–Crippen LogP) is 6.51. The molecule has 4 heteroatoms. The molecular formula is C24H32ClNO2. The van der Waals surface area contributed by atoms with Crippen LogP contribution in [0.2, 0.25) is 5.02 Å². The van der Waals surface area contributed by atoms with E-state index in [9.17, 15) is 4.79 Å². The number of carbonyl (C=O) groups excluding carboxylic acids is 1. The largest absolute Gasteiger partial charge is 0.481 e. The van der Waals surface area contributed by atoms with E-state index in [0.29, 0.717) is 11.7 Å². The molecule has 0 fully saturated rings. The fraction of sp³-hybridized carbons (Fsp3) is 0.458. The molecule has 1 amide bonds. The molecular weight excluding hydrogens is 370 g/mol. The van der Waals surface area contributed by atoms with Gasteiger partial charge in [-0.2, -0.15) is 0 Å².